The van der Waals surface area contributed by atoms with Crippen LogP contribution in [0.2, 0.25) is 0 Å². The topological polar surface area (TPSA) is 73.2 Å². The molecule has 0 radical (unpaired) electrons. The third kappa shape index (κ3) is 4.13. The van der Waals surface area contributed by atoms with E-state index in [0.717, 1.165) is 0 Å². The highest BCUT2D eigenvalue weighted by molar-refractivity contribution is 5.98. The Balaban J connectivity index is 1.82. The average molecular weight is 353 g/mol. The van der Waals surface area contributed by atoms with Crippen LogP contribution in [-0.2, 0) is 16.6 Å². The van der Waals surface area contributed by atoms with E-state index >= 15 is 0 Å². The average Bonchev–Trinajstić information content (AvgIpc) is 3.08. The van der Waals surface area contributed by atoms with Gasteiger partial charge in [-0.3, -0.25) is 9.48 Å². The maximum atomic E-state index is 13.0. The summed E-state index contributed by atoms with van der Waals surface area (Å²) in [5, 5.41) is 6.54. The van der Waals surface area contributed by atoms with E-state index in [1.165, 1.54) is 41.3 Å². The predicted molar refractivity (Wildman–Crippen MR) is 92.8 cm³/mol. The standard InChI is InChI=1S/C19H16FN3O3/c1-23-12-14(11-21-23)19(25)26-17(13-5-3-2-4-6-13)18(24)22-16-9-7-15(20)8-10-16/h2-12,17H,1H3,(H,22,24)/t17-/m1/s1. The number of ether oxygens (including phenoxy) is 1. The van der Waals surface area contributed by atoms with Crippen molar-refractivity contribution in [1.82, 2.24) is 9.78 Å². The first-order valence-corrected chi connectivity index (χ1v) is 7.84. The lowest BCUT2D eigenvalue weighted by Gasteiger charge is -2.17. The second-order valence-corrected chi connectivity index (χ2v) is 5.59. The molecule has 0 bridgehead atoms. The molecule has 7 heteroatoms. The van der Waals surface area contributed by atoms with Crippen molar-refractivity contribution in [2.24, 2.45) is 7.05 Å². The molecule has 0 saturated heterocycles. The van der Waals surface area contributed by atoms with E-state index in [-0.39, 0.29) is 5.56 Å². The number of rotatable bonds is 5. The molecule has 1 heterocycles. The summed E-state index contributed by atoms with van der Waals surface area (Å²) >= 11 is 0. The van der Waals surface area contributed by atoms with E-state index < -0.39 is 23.8 Å². The first-order chi connectivity index (χ1) is 12.5. The zero-order chi connectivity index (χ0) is 18.5. The molecule has 1 aromatic heterocycles. The molecule has 0 aliphatic rings. The van der Waals surface area contributed by atoms with E-state index in [1.807, 2.05) is 0 Å². The molecule has 6 nitrogen and oxygen atoms in total. The van der Waals surface area contributed by atoms with Gasteiger partial charge in [0.05, 0.1) is 11.8 Å². The van der Waals surface area contributed by atoms with Gasteiger partial charge in [0.1, 0.15) is 5.82 Å². The number of nitrogens with zero attached hydrogens (tertiary/aromatic N) is 2. The molecule has 2 aromatic carbocycles. The van der Waals surface area contributed by atoms with Crippen molar-refractivity contribution >= 4 is 17.6 Å². The van der Waals surface area contributed by atoms with Gasteiger partial charge in [-0.25, -0.2) is 9.18 Å². The SMILES string of the molecule is Cn1cc(C(=O)O[C@@H](C(=O)Nc2ccc(F)cc2)c2ccccc2)cn1. The van der Waals surface area contributed by atoms with Crippen LogP contribution in [0.4, 0.5) is 10.1 Å². The Morgan fingerprint density at radius 1 is 1.12 bits per heavy atom. The summed E-state index contributed by atoms with van der Waals surface area (Å²) in [6.07, 6.45) is 1.71. The van der Waals surface area contributed by atoms with Gasteiger partial charge in [-0.05, 0) is 24.3 Å². The maximum Gasteiger partial charge on any atom is 0.342 e. The number of anilines is 1. The lowest BCUT2D eigenvalue weighted by molar-refractivity contribution is -0.125. The summed E-state index contributed by atoms with van der Waals surface area (Å²) in [5.41, 5.74) is 1.15. The number of amides is 1. The fraction of sp³-hybridized carbons (Fsp3) is 0.105. The van der Waals surface area contributed by atoms with E-state index in [1.54, 1.807) is 37.4 Å². The number of nitrogens with one attached hydrogen (secondary N) is 1. The number of hydrogen-bond acceptors (Lipinski definition) is 4. The Hall–Kier alpha value is -3.48. The number of halogens is 1. The minimum Gasteiger partial charge on any atom is -0.444 e. The van der Waals surface area contributed by atoms with Crippen LogP contribution >= 0.6 is 0 Å². The second kappa shape index (κ2) is 7.60. The van der Waals surface area contributed by atoms with Crippen LogP contribution in [0, 0.1) is 5.82 Å². The van der Waals surface area contributed by atoms with Gasteiger partial charge >= 0.3 is 5.97 Å². The zero-order valence-corrected chi connectivity index (χ0v) is 13.9. The van der Waals surface area contributed by atoms with Crippen molar-refractivity contribution in [3.63, 3.8) is 0 Å². The van der Waals surface area contributed by atoms with Crippen molar-refractivity contribution < 1.29 is 18.7 Å². The molecule has 0 aliphatic heterocycles. The molecule has 1 N–H and O–H groups in total. The first kappa shape index (κ1) is 17.3. The molecular weight excluding hydrogens is 337 g/mol. The van der Waals surface area contributed by atoms with Crippen molar-refractivity contribution in [3.8, 4) is 0 Å². The molecule has 0 fully saturated rings. The van der Waals surface area contributed by atoms with Crippen LogP contribution in [-0.4, -0.2) is 21.7 Å². The summed E-state index contributed by atoms with van der Waals surface area (Å²) in [6.45, 7) is 0. The molecule has 0 aliphatic carbocycles. The van der Waals surface area contributed by atoms with Crippen LogP contribution in [0.15, 0.2) is 67.0 Å². The lowest BCUT2D eigenvalue weighted by atomic mass is 10.1. The number of carbonyl (C=O) groups excluding carboxylic acids is 2. The third-order valence-corrected chi connectivity index (χ3v) is 3.62. The molecule has 132 valence electrons. The molecule has 1 atom stereocenters. The quantitative estimate of drug-likeness (QED) is 0.716. The van der Waals surface area contributed by atoms with Crippen LogP contribution in [0.25, 0.3) is 0 Å². The monoisotopic (exact) mass is 353 g/mol. The Labute approximate surface area is 149 Å². The largest absolute Gasteiger partial charge is 0.444 e. The first-order valence-electron chi connectivity index (χ1n) is 7.84. The zero-order valence-electron chi connectivity index (χ0n) is 13.9. The highest BCUT2D eigenvalue weighted by Gasteiger charge is 2.26. The summed E-state index contributed by atoms with van der Waals surface area (Å²) in [5.74, 6) is -1.62. The van der Waals surface area contributed by atoms with Gasteiger partial charge < -0.3 is 10.1 Å². The fourth-order valence-corrected chi connectivity index (χ4v) is 2.34. The van der Waals surface area contributed by atoms with Gasteiger partial charge in [0, 0.05) is 24.5 Å². The summed E-state index contributed by atoms with van der Waals surface area (Å²) in [4.78, 5) is 25.0. The van der Waals surface area contributed by atoms with Gasteiger partial charge in [-0.15, -0.1) is 0 Å². The van der Waals surface area contributed by atoms with Gasteiger partial charge in [0.25, 0.3) is 5.91 Å². The van der Waals surface area contributed by atoms with Crippen LogP contribution in [0.1, 0.15) is 22.0 Å². The van der Waals surface area contributed by atoms with Crippen molar-refractivity contribution in [3.05, 3.63) is 83.9 Å². The molecule has 0 saturated carbocycles. The number of hydrogen-bond donors (Lipinski definition) is 1. The Morgan fingerprint density at radius 2 is 1.81 bits per heavy atom. The number of benzene rings is 2. The third-order valence-electron chi connectivity index (χ3n) is 3.62. The van der Waals surface area contributed by atoms with E-state index in [4.69, 9.17) is 4.74 Å². The van der Waals surface area contributed by atoms with Crippen LogP contribution < -0.4 is 5.32 Å². The smallest absolute Gasteiger partial charge is 0.342 e. The van der Waals surface area contributed by atoms with E-state index in [9.17, 15) is 14.0 Å². The van der Waals surface area contributed by atoms with Crippen LogP contribution in [0.5, 0.6) is 0 Å². The number of aromatic nitrogens is 2. The van der Waals surface area contributed by atoms with Gasteiger partial charge in [0.2, 0.25) is 6.10 Å². The van der Waals surface area contributed by atoms with Gasteiger partial charge in [0.15, 0.2) is 0 Å². The lowest BCUT2D eigenvalue weighted by Crippen LogP contribution is -2.25. The maximum absolute atomic E-state index is 13.0. The van der Waals surface area contributed by atoms with Crippen molar-refractivity contribution in [1.29, 1.82) is 0 Å². The molecule has 1 amide bonds. The second-order valence-electron chi connectivity index (χ2n) is 5.59. The normalized spacial score (nSPS) is 11.6. The van der Waals surface area contributed by atoms with Crippen molar-refractivity contribution in [2.75, 3.05) is 5.32 Å². The fourth-order valence-electron chi connectivity index (χ4n) is 2.34. The Bertz CT molecular complexity index is 907. The summed E-state index contributed by atoms with van der Waals surface area (Å²) in [6, 6.07) is 14.0. The highest BCUT2D eigenvalue weighted by atomic mass is 19.1. The summed E-state index contributed by atoms with van der Waals surface area (Å²) in [7, 11) is 1.67. The number of esters is 1. The summed E-state index contributed by atoms with van der Waals surface area (Å²) < 4.78 is 19.9. The van der Waals surface area contributed by atoms with Gasteiger partial charge in [-0.2, -0.15) is 5.10 Å². The Morgan fingerprint density at radius 3 is 2.42 bits per heavy atom. The molecule has 0 unspecified atom stereocenters. The van der Waals surface area contributed by atoms with Crippen molar-refractivity contribution in [2.45, 2.75) is 6.10 Å². The van der Waals surface area contributed by atoms with E-state index in [2.05, 4.69) is 10.4 Å². The number of carbonyl (C=O) groups is 2. The predicted octanol–water partition coefficient (Wildman–Crippen LogP) is 3.10. The molecular formula is C19H16FN3O3. The number of aryl methyl sites for hydroxylation is 1. The van der Waals surface area contributed by atoms with E-state index in [0.29, 0.717) is 11.3 Å². The van der Waals surface area contributed by atoms with Crippen LogP contribution in [0.3, 0.4) is 0 Å². The highest BCUT2D eigenvalue weighted by Crippen LogP contribution is 2.21. The Kier molecular flexibility index (Phi) is 5.07. The molecule has 3 rings (SSSR count). The minimum absolute atomic E-state index is 0.239. The minimum atomic E-state index is -1.16. The molecule has 26 heavy (non-hydrogen) atoms. The van der Waals surface area contributed by atoms with Gasteiger partial charge in [-0.1, -0.05) is 30.3 Å². The molecule has 0 spiro atoms. The molecule has 3 aromatic rings.